The Morgan fingerprint density at radius 2 is 1.70 bits per heavy atom. The molecular weight excluding hydrogens is 346 g/mol. The van der Waals surface area contributed by atoms with Crippen molar-refractivity contribution in [1.82, 2.24) is 20.1 Å². The van der Waals surface area contributed by atoms with Crippen LogP contribution in [0.2, 0.25) is 0 Å². The molecule has 0 fully saturated rings. The van der Waals surface area contributed by atoms with Crippen LogP contribution in [0.15, 0.2) is 65.3 Å². The minimum Gasteiger partial charge on any atom is -0.478 e. The van der Waals surface area contributed by atoms with E-state index in [0.29, 0.717) is 22.8 Å². The first-order chi connectivity index (χ1) is 13.1. The molecule has 2 aromatic carbocycles. The lowest BCUT2D eigenvalue weighted by atomic mass is 10.1. The number of hydrogen-bond donors (Lipinski definition) is 2. The van der Waals surface area contributed by atoms with Crippen LogP contribution in [0.1, 0.15) is 10.4 Å². The second kappa shape index (κ2) is 6.68. The van der Waals surface area contributed by atoms with Crippen LogP contribution in [-0.2, 0) is 0 Å². The molecule has 132 valence electrons. The summed E-state index contributed by atoms with van der Waals surface area (Å²) in [6.07, 6.45) is 1.51. The Kier molecular flexibility index (Phi) is 4.06. The molecule has 0 amide bonds. The zero-order valence-electron chi connectivity index (χ0n) is 13.9. The Morgan fingerprint density at radius 1 is 0.963 bits per heavy atom. The maximum atomic E-state index is 11.0. The van der Waals surface area contributed by atoms with Gasteiger partial charge in [-0.25, -0.2) is 14.8 Å². The topological polar surface area (TPSA) is 128 Å². The highest BCUT2D eigenvalue weighted by atomic mass is 16.5. The van der Waals surface area contributed by atoms with E-state index in [-0.39, 0.29) is 17.2 Å². The molecule has 0 aliphatic heterocycles. The second-order valence-electron chi connectivity index (χ2n) is 5.66. The standard InChI is InChI=1S/C19H13N5O3/c20-16-15(17-23-18(27-24-17)12-4-2-1-3-5-12)22-14(10-21-16)11-6-8-13(9-7-11)19(25)26/h1-10H,(H2,20,21)(H,25,26). The van der Waals surface area contributed by atoms with Crippen LogP contribution in [-0.4, -0.2) is 31.2 Å². The number of nitrogen functional groups attached to an aromatic ring is 1. The fraction of sp³-hybridized carbons (Fsp3) is 0. The van der Waals surface area contributed by atoms with E-state index in [0.717, 1.165) is 5.56 Å². The molecule has 4 rings (SSSR count). The summed E-state index contributed by atoms with van der Waals surface area (Å²) in [6, 6.07) is 15.6. The molecule has 8 heteroatoms. The van der Waals surface area contributed by atoms with Crippen molar-refractivity contribution >= 4 is 11.8 Å². The molecule has 4 aromatic rings. The van der Waals surface area contributed by atoms with Gasteiger partial charge >= 0.3 is 5.97 Å². The molecule has 0 unspecified atom stereocenters. The van der Waals surface area contributed by atoms with Gasteiger partial charge in [-0.2, -0.15) is 4.98 Å². The fourth-order valence-corrected chi connectivity index (χ4v) is 2.50. The number of hydrogen-bond acceptors (Lipinski definition) is 7. The van der Waals surface area contributed by atoms with Gasteiger partial charge in [-0.1, -0.05) is 35.5 Å². The van der Waals surface area contributed by atoms with E-state index in [1.807, 2.05) is 30.3 Å². The van der Waals surface area contributed by atoms with E-state index in [1.54, 1.807) is 12.1 Å². The van der Waals surface area contributed by atoms with Crippen LogP contribution in [0.3, 0.4) is 0 Å². The molecule has 0 spiro atoms. The molecule has 0 saturated carbocycles. The van der Waals surface area contributed by atoms with Crippen molar-refractivity contribution in [2.45, 2.75) is 0 Å². The summed E-state index contributed by atoms with van der Waals surface area (Å²) in [5, 5.41) is 12.9. The number of anilines is 1. The van der Waals surface area contributed by atoms with Crippen molar-refractivity contribution in [2.75, 3.05) is 5.73 Å². The van der Waals surface area contributed by atoms with Gasteiger partial charge in [0.05, 0.1) is 17.5 Å². The van der Waals surface area contributed by atoms with E-state index < -0.39 is 5.97 Å². The number of nitrogens with two attached hydrogens (primary N) is 1. The molecule has 27 heavy (non-hydrogen) atoms. The van der Waals surface area contributed by atoms with Crippen LogP contribution in [0.4, 0.5) is 5.82 Å². The molecular formula is C19H13N5O3. The van der Waals surface area contributed by atoms with Crippen LogP contribution >= 0.6 is 0 Å². The van der Waals surface area contributed by atoms with Gasteiger partial charge in [0, 0.05) is 11.1 Å². The van der Waals surface area contributed by atoms with E-state index >= 15 is 0 Å². The summed E-state index contributed by atoms with van der Waals surface area (Å²) in [5.41, 5.74) is 8.41. The molecule has 0 atom stereocenters. The lowest BCUT2D eigenvalue weighted by molar-refractivity contribution is 0.0697. The van der Waals surface area contributed by atoms with Crippen LogP contribution in [0, 0.1) is 0 Å². The van der Waals surface area contributed by atoms with Crippen molar-refractivity contribution < 1.29 is 14.4 Å². The number of carboxylic acids is 1. The highest BCUT2D eigenvalue weighted by Crippen LogP contribution is 2.26. The first kappa shape index (κ1) is 16.4. The van der Waals surface area contributed by atoms with E-state index in [4.69, 9.17) is 15.4 Å². The van der Waals surface area contributed by atoms with Crippen LogP contribution in [0.5, 0.6) is 0 Å². The van der Waals surface area contributed by atoms with Gasteiger partial charge < -0.3 is 15.4 Å². The molecule has 3 N–H and O–H groups in total. The molecule has 0 aliphatic rings. The first-order valence-corrected chi connectivity index (χ1v) is 7.97. The van der Waals surface area contributed by atoms with Crippen molar-refractivity contribution in [1.29, 1.82) is 0 Å². The summed E-state index contributed by atoms with van der Waals surface area (Å²) in [6.45, 7) is 0. The van der Waals surface area contributed by atoms with E-state index in [2.05, 4.69) is 20.1 Å². The lowest BCUT2D eigenvalue weighted by Crippen LogP contribution is -2.00. The van der Waals surface area contributed by atoms with Gasteiger partial charge in [0.1, 0.15) is 0 Å². The lowest BCUT2D eigenvalue weighted by Gasteiger charge is -2.05. The second-order valence-corrected chi connectivity index (χ2v) is 5.66. The van der Waals surface area contributed by atoms with Gasteiger partial charge in [-0.3, -0.25) is 0 Å². The molecule has 8 nitrogen and oxygen atoms in total. The summed E-state index contributed by atoms with van der Waals surface area (Å²) < 4.78 is 5.30. The monoisotopic (exact) mass is 359 g/mol. The smallest absolute Gasteiger partial charge is 0.335 e. The Balaban J connectivity index is 1.71. The summed E-state index contributed by atoms with van der Waals surface area (Å²) >= 11 is 0. The van der Waals surface area contributed by atoms with Crippen molar-refractivity contribution in [3.05, 3.63) is 66.4 Å². The van der Waals surface area contributed by atoms with Crippen molar-refractivity contribution in [3.8, 4) is 34.2 Å². The molecule has 2 aromatic heterocycles. The van der Waals surface area contributed by atoms with Gasteiger partial charge in [0.15, 0.2) is 11.5 Å². The normalized spacial score (nSPS) is 10.7. The number of aromatic carboxylic acids is 1. The largest absolute Gasteiger partial charge is 0.478 e. The summed E-state index contributed by atoms with van der Waals surface area (Å²) in [7, 11) is 0. The quantitative estimate of drug-likeness (QED) is 0.569. The number of benzene rings is 2. The third-order valence-corrected chi connectivity index (χ3v) is 3.89. The van der Waals surface area contributed by atoms with Gasteiger partial charge in [-0.05, 0) is 24.3 Å². The third-order valence-electron chi connectivity index (χ3n) is 3.89. The SMILES string of the molecule is Nc1ncc(-c2ccc(C(=O)O)cc2)nc1-c1noc(-c2ccccc2)n1. The highest BCUT2D eigenvalue weighted by Gasteiger charge is 2.16. The maximum absolute atomic E-state index is 11.0. The number of rotatable bonds is 4. The fourth-order valence-electron chi connectivity index (χ4n) is 2.50. The number of carboxylic acid groups (broad SMARTS) is 1. The van der Waals surface area contributed by atoms with Crippen molar-refractivity contribution in [2.24, 2.45) is 0 Å². The Bertz CT molecular complexity index is 1110. The van der Waals surface area contributed by atoms with E-state index in [9.17, 15) is 4.79 Å². The van der Waals surface area contributed by atoms with Crippen LogP contribution in [0.25, 0.3) is 34.2 Å². The maximum Gasteiger partial charge on any atom is 0.335 e. The summed E-state index contributed by atoms with van der Waals surface area (Å²) in [4.78, 5) is 23.9. The minimum absolute atomic E-state index is 0.168. The zero-order chi connectivity index (χ0) is 18.8. The first-order valence-electron chi connectivity index (χ1n) is 7.97. The Labute approximate surface area is 153 Å². The van der Waals surface area contributed by atoms with Crippen molar-refractivity contribution in [3.63, 3.8) is 0 Å². The average Bonchev–Trinajstić information content (AvgIpc) is 3.19. The molecule has 0 bridgehead atoms. The molecule has 0 radical (unpaired) electrons. The molecule has 2 heterocycles. The Hall–Kier alpha value is -4.07. The van der Waals surface area contributed by atoms with E-state index in [1.165, 1.54) is 18.3 Å². The third kappa shape index (κ3) is 3.23. The number of nitrogens with zero attached hydrogens (tertiary/aromatic N) is 4. The number of carbonyl (C=O) groups is 1. The molecule has 0 saturated heterocycles. The predicted octanol–water partition coefficient (Wildman–Crippen LogP) is 3.14. The predicted molar refractivity (Wildman–Crippen MR) is 97.6 cm³/mol. The van der Waals surface area contributed by atoms with Gasteiger partial charge in [0.2, 0.25) is 5.82 Å². The summed E-state index contributed by atoms with van der Waals surface area (Å²) in [5.74, 6) is -0.252. The number of aromatic nitrogens is 4. The Morgan fingerprint density at radius 3 is 2.41 bits per heavy atom. The molecule has 0 aliphatic carbocycles. The van der Waals surface area contributed by atoms with Gasteiger partial charge in [0.25, 0.3) is 5.89 Å². The van der Waals surface area contributed by atoms with Crippen LogP contribution < -0.4 is 5.73 Å². The minimum atomic E-state index is -0.995. The zero-order valence-corrected chi connectivity index (χ0v) is 13.9. The van der Waals surface area contributed by atoms with Gasteiger partial charge in [-0.15, -0.1) is 0 Å². The highest BCUT2D eigenvalue weighted by molar-refractivity contribution is 5.88. The average molecular weight is 359 g/mol.